The predicted molar refractivity (Wildman–Crippen MR) is 157 cm³/mol. The van der Waals surface area contributed by atoms with Gasteiger partial charge in [0.05, 0.1) is 10.9 Å². The Kier molecular flexibility index (Phi) is 6.25. The minimum atomic E-state index is -3.66. The van der Waals surface area contributed by atoms with Crippen LogP contribution in [0, 0.1) is 5.92 Å². The summed E-state index contributed by atoms with van der Waals surface area (Å²) in [6, 6.07) is 21.1. The SMILES string of the molecule is C=CCN(CC=C)S(=O)(=O)c1ccc2c(c1)C1C=CCC1C(c1ccc3c(c1)c1ccccc1n3CC)N2. The molecule has 38 heavy (non-hydrogen) atoms. The number of hydrogen-bond acceptors (Lipinski definition) is 3. The Hall–Kier alpha value is -3.61. The second-order valence-electron chi connectivity index (χ2n) is 10.2. The molecule has 1 aliphatic heterocycles. The molecule has 0 amide bonds. The molecule has 0 bridgehead atoms. The predicted octanol–water partition coefficient (Wildman–Crippen LogP) is 7.00. The first-order valence-corrected chi connectivity index (χ1v) is 14.7. The first-order valence-electron chi connectivity index (χ1n) is 13.3. The molecular formula is C32H33N3O2S. The van der Waals surface area contributed by atoms with Gasteiger partial charge in [-0.1, -0.05) is 48.6 Å². The number of anilines is 1. The molecule has 3 aromatic carbocycles. The number of fused-ring (bicyclic) bond motifs is 6. The summed E-state index contributed by atoms with van der Waals surface area (Å²) in [7, 11) is -3.66. The van der Waals surface area contributed by atoms with E-state index in [9.17, 15) is 8.42 Å². The molecule has 1 N–H and O–H groups in total. The minimum absolute atomic E-state index is 0.135. The number of para-hydroxylation sites is 1. The molecule has 6 rings (SSSR count). The highest BCUT2D eigenvalue weighted by Crippen LogP contribution is 2.50. The number of benzene rings is 3. The van der Waals surface area contributed by atoms with Gasteiger partial charge in [-0.3, -0.25) is 0 Å². The largest absolute Gasteiger partial charge is 0.378 e. The van der Waals surface area contributed by atoms with Crippen molar-refractivity contribution in [3.05, 3.63) is 109 Å². The van der Waals surface area contributed by atoms with Crippen LogP contribution in [0.5, 0.6) is 0 Å². The van der Waals surface area contributed by atoms with Crippen molar-refractivity contribution in [2.45, 2.75) is 36.7 Å². The Morgan fingerprint density at radius 2 is 1.76 bits per heavy atom. The number of aromatic nitrogens is 1. The van der Waals surface area contributed by atoms with Crippen molar-refractivity contribution in [2.24, 2.45) is 5.92 Å². The normalized spacial score (nSPS) is 20.4. The fourth-order valence-electron chi connectivity index (χ4n) is 6.38. The van der Waals surface area contributed by atoms with Crippen LogP contribution in [0.15, 0.2) is 103 Å². The zero-order valence-corrected chi connectivity index (χ0v) is 22.5. The lowest BCUT2D eigenvalue weighted by Crippen LogP contribution is -2.32. The van der Waals surface area contributed by atoms with Gasteiger partial charge in [0.25, 0.3) is 0 Å². The van der Waals surface area contributed by atoms with Crippen LogP contribution in [0.2, 0.25) is 0 Å². The summed E-state index contributed by atoms with van der Waals surface area (Å²) in [6.07, 6.45) is 8.66. The van der Waals surface area contributed by atoms with Gasteiger partial charge in [0, 0.05) is 53.0 Å². The van der Waals surface area contributed by atoms with Crippen LogP contribution >= 0.6 is 0 Å². The van der Waals surface area contributed by atoms with Crippen LogP contribution in [0.3, 0.4) is 0 Å². The molecule has 194 valence electrons. The zero-order valence-electron chi connectivity index (χ0n) is 21.7. The van der Waals surface area contributed by atoms with Crippen molar-refractivity contribution in [3.8, 4) is 0 Å². The van der Waals surface area contributed by atoms with Gasteiger partial charge in [-0.15, -0.1) is 13.2 Å². The van der Waals surface area contributed by atoms with Crippen LogP contribution in [0.4, 0.5) is 5.69 Å². The maximum Gasteiger partial charge on any atom is 0.243 e. The lowest BCUT2D eigenvalue weighted by Gasteiger charge is -2.38. The summed E-state index contributed by atoms with van der Waals surface area (Å²) in [5.74, 6) is 0.473. The summed E-state index contributed by atoms with van der Waals surface area (Å²) < 4.78 is 30.6. The van der Waals surface area contributed by atoms with E-state index in [1.165, 1.54) is 31.7 Å². The van der Waals surface area contributed by atoms with Gasteiger partial charge >= 0.3 is 0 Å². The van der Waals surface area contributed by atoms with E-state index in [-0.39, 0.29) is 25.0 Å². The molecule has 5 nitrogen and oxygen atoms in total. The van der Waals surface area contributed by atoms with E-state index >= 15 is 0 Å². The minimum Gasteiger partial charge on any atom is -0.378 e. The lowest BCUT2D eigenvalue weighted by atomic mass is 9.77. The average Bonchev–Trinajstić information content (AvgIpc) is 3.55. The quantitative estimate of drug-likeness (QED) is 0.253. The molecule has 2 heterocycles. The van der Waals surface area contributed by atoms with Gasteiger partial charge in [0.1, 0.15) is 0 Å². The van der Waals surface area contributed by atoms with Crippen LogP contribution in [0.1, 0.15) is 36.4 Å². The molecule has 6 heteroatoms. The van der Waals surface area contributed by atoms with Crippen molar-refractivity contribution < 1.29 is 8.42 Å². The third-order valence-electron chi connectivity index (χ3n) is 8.11. The number of nitrogens with zero attached hydrogens (tertiary/aromatic N) is 2. The highest BCUT2D eigenvalue weighted by atomic mass is 32.2. The number of rotatable bonds is 8. The maximum absolute atomic E-state index is 13.4. The Balaban J connectivity index is 1.41. The van der Waals surface area contributed by atoms with Crippen molar-refractivity contribution in [1.82, 2.24) is 8.87 Å². The van der Waals surface area contributed by atoms with Crippen LogP contribution < -0.4 is 5.32 Å². The first-order chi connectivity index (χ1) is 18.5. The van der Waals surface area contributed by atoms with Gasteiger partial charge < -0.3 is 9.88 Å². The molecule has 0 spiro atoms. The molecule has 0 fully saturated rings. The van der Waals surface area contributed by atoms with Gasteiger partial charge in [0.2, 0.25) is 10.0 Å². The van der Waals surface area contributed by atoms with E-state index in [0.717, 1.165) is 24.2 Å². The maximum atomic E-state index is 13.4. The molecular weight excluding hydrogens is 490 g/mol. The van der Waals surface area contributed by atoms with Gasteiger partial charge in [-0.25, -0.2) is 8.42 Å². The molecule has 1 aliphatic carbocycles. The molecule has 2 aliphatic rings. The van der Waals surface area contributed by atoms with E-state index < -0.39 is 10.0 Å². The summed E-state index contributed by atoms with van der Waals surface area (Å²) in [5, 5.41) is 6.35. The van der Waals surface area contributed by atoms with Gasteiger partial charge in [-0.2, -0.15) is 4.31 Å². The van der Waals surface area contributed by atoms with E-state index in [1.54, 1.807) is 18.2 Å². The number of hydrogen-bond donors (Lipinski definition) is 1. The Bertz CT molecular complexity index is 1690. The highest BCUT2D eigenvalue weighted by molar-refractivity contribution is 7.89. The summed E-state index contributed by atoms with van der Waals surface area (Å²) in [6.45, 7) is 11.0. The highest BCUT2D eigenvalue weighted by Gasteiger charge is 2.39. The van der Waals surface area contributed by atoms with Crippen molar-refractivity contribution in [2.75, 3.05) is 18.4 Å². The Labute approximate surface area is 224 Å². The van der Waals surface area contributed by atoms with Crippen LogP contribution in [-0.2, 0) is 16.6 Å². The van der Waals surface area contributed by atoms with Crippen LogP contribution in [0.25, 0.3) is 21.8 Å². The molecule has 4 aromatic rings. The molecule has 0 saturated carbocycles. The molecule has 3 atom stereocenters. The molecule has 1 aromatic heterocycles. The topological polar surface area (TPSA) is 54.3 Å². The summed E-state index contributed by atoms with van der Waals surface area (Å²) in [4.78, 5) is 0.313. The molecule has 0 radical (unpaired) electrons. The van der Waals surface area contributed by atoms with Gasteiger partial charge in [0.15, 0.2) is 0 Å². The summed E-state index contributed by atoms with van der Waals surface area (Å²) in [5.41, 5.74) is 5.83. The van der Waals surface area contributed by atoms with E-state index in [0.29, 0.717) is 10.8 Å². The number of allylic oxidation sites excluding steroid dienone is 2. The second-order valence-corrected chi connectivity index (χ2v) is 12.1. The van der Waals surface area contributed by atoms with Crippen LogP contribution in [-0.4, -0.2) is 30.4 Å². The number of nitrogens with one attached hydrogen (secondary N) is 1. The monoisotopic (exact) mass is 523 g/mol. The number of sulfonamides is 1. The van der Waals surface area contributed by atoms with Crippen molar-refractivity contribution in [1.29, 1.82) is 0 Å². The van der Waals surface area contributed by atoms with E-state index in [4.69, 9.17) is 0 Å². The first kappa shape index (κ1) is 24.7. The third-order valence-corrected chi connectivity index (χ3v) is 9.94. The van der Waals surface area contributed by atoms with E-state index in [1.807, 2.05) is 12.1 Å². The molecule has 0 saturated heterocycles. The standard InChI is InChI=1S/C32H33N3O2S/c1-4-18-34(19-5-2)38(36,37)23-15-16-29-27(21-23)24-11-9-12-26(24)32(33-29)22-14-17-31-28(20-22)25-10-7-8-13-30(25)35(31)6-3/h4-5,7-11,13-17,20-21,24,26,32-33H,1-2,6,12,18-19H2,3H3. The van der Waals surface area contributed by atoms with E-state index in [2.05, 4.69) is 84.6 Å². The van der Waals surface area contributed by atoms with Crippen molar-refractivity contribution >= 4 is 37.5 Å². The zero-order chi connectivity index (χ0) is 26.4. The molecule has 3 unspecified atom stereocenters. The average molecular weight is 524 g/mol. The fourth-order valence-corrected chi connectivity index (χ4v) is 7.79. The number of aryl methyl sites for hydroxylation is 1. The Morgan fingerprint density at radius 3 is 2.53 bits per heavy atom. The smallest absolute Gasteiger partial charge is 0.243 e. The second kappa shape index (κ2) is 9.61. The third kappa shape index (κ3) is 3.82. The summed E-state index contributed by atoms with van der Waals surface area (Å²) >= 11 is 0. The lowest BCUT2D eigenvalue weighted by molar-refractivity contribution is 0.425. The van der Waals surface area contributed by atoms with Gasteiger partial charge in [-0.05, 0) is 66.8 Å². The Morgan fingerprint density at radius 1 is 1.00 bits per heavy atom. The fraction of sp³-hybridized carbons (Fsp3) is 0.250. The van der Waals surface area contributed by atoms with Crippen molar-refractivity contribution in [3.63, 3.8) is 0 Å².